The number of aromatic amines is 1. The Bertz CT molecular complexity index is 1220. The third-order valence-electron chi connectivity index (χ3n) is 7.29. The summed E-state index contributed by atoms with van der Waals surface area (Å²) in [5.74, 6) is 0.280. The van der Waals surface area contributed by atoms with Gasteiger partial charge >= 0.3 is 0 Å². The summed E-state index contributed by atoms with van der Waals surface area (Å²) in [6.07, 6.45) is 3.06. The second-order valence-electron chi connectivity index (χ2n) is 9.59. The van der Waals surface area contributed by atoms with Crippen LogP contribution in [0.4, 0.5) is 14.6 Å². The van der Waals surface area contributed by atoms with E-state index in [9.17, 15) is 8.78 Å². The lowest BCUT2D eigenvalue weighted by Gasteiger charge is -2.23. The zero-order chi connectivity index (χ0) is 24.6. The molecular weight excluding hydrogens is 470 g/mol. The first-order chi connectivity index (χ1) is 17.6. The lowest BCUT2D eigenvalue weighted by molar-refractivity contribution is 0.0253. The Hall–Kier alpha value is -2.82. The molecule has 0 saturated carbocycles. The summed E-state index contributed by atoms with van der Waals surface area (Å²) in [4.78, 5) is 12.8. The van der Waals surface area contributed by atoms with Crippen LogP contribution < -0.4 is 10.1 Å². The molecule has 0 bridgehead atoms. The van der Waals surface area contributed by atoms with Crippen molar-refractivity contribution in [3.63, 3.8) is 0 Å². The summed E-state index contributed by atoms with van der Waals surface area (Å²) in [5, 5.41) is 3.12. The third-order valence-corrected chi connectivity index (χ3v) is 7.29. The molecule has 2 aromatic heterocycles. The number of imidazole rings is 1. The van der Waals surface area contributed by atoms with E-state index in [1.54, 1.807) is 0 Å². The SMILES string of the molecule is CCc1cc2[nH]c(C3CO[C@@H]4CCO[C@H]34)nc2nc1NCc1c(F)cc(OC2CCOCC2)cc1F. The van der Waals surface area contributed by atoms with Crippen LogP contribution >= 0.6 is 0 Å². The van der Waals surface area contributed by atoms with Crippen molar-refractivity contribution in [3.05, 3.63) is 46.8 Å². The van der Waals surface area contributed by atoms with Gasteiger partial charge in [-0.05, 0) is 24.5 Å². The highest BCUT2D eigenvalue weighted by molar-refractivity contribution is 5.75. The van der Waals surface area contributed by atoms with Crippen LogP contribution in [0.25, 0.3) is 11.2 Å². The summed E-state index contributed by atoms with van der Waals surface area (Å²) >= 11 is 0. The molecule has 2 N–H and O–H groups in total. The fraction of sp³-hybridized carbons (Fsp3) is 0.538. The molecule has 36 heavy (non-hydrogen) atoms. The van der Waals surface area contributed by atoms with E-state index in [0.717, 1.165) is 23.3 Å². The quantitative estimate of drug-likeness (QED) is 0.502. The number of ether oxygens (including phenoxy) is 4. The van der Waals surface area contributed by atoms with Crippen molar-refractivity contribution in [2.24, 2.45) is 0 Å². The highest BCUT2D eigenvalue weighted by Gasteiger charge is 2.43. The maximum Gasteiger partial charge on any atom is 0.179 e. The largest absolute Gasteiger partial charge is 0.490 e. The fourth-order valence-corrected chi connectivity index (χ4v) is 5.28. The molecule has 0 amide bonds. The normalized spacial score (nSPS) is 24.4. The van der Waals surface area contributed by atoms with Gasteiger partial charge in [0, 0.05) is 43.7 Å². The standard InChI is InChI=1S/C26H30F2N4O4/c1-2-14-9-21-26(32-25(30-21)18-13-35-22-5-8-34-23(18)22)31-24(14)29-12-17-19(27)10-16(11-20(17)28)36-15-3-6-33-7-4-15/h9-11,15,18,22-23H,2-8,12-13H2,1H3,(H2,29,30,31,32)/t18?,22-,23-/m1/s1. The van der Waals surface area contributed by atoms with Crippen molar-refractivity contribution >= 4 is 17.0 Å². The molecule has 0 radical (unpaired) electrons. The Balaban J connectivity index is 1.19. The molecule has 192 valence electrons. The van der Waals surface area contributed by atoms with Crippen LogP contribution in [0.5, 0.6) is 5.75 Å². The smallest absolute Gasteiger partial charge is 0.179 e. The minimum absolute atomic E-state index is 0.0122. The first-order valence-electron chi connectivity index (χ1n) is 12.7. The number of anilines is 1. The van der Waals surface area contributed by atoms with E-state index in [1.165, 1.54) is 12.1 Å². The lowest BCUT2D eigenvalue weighted by atomic mass is 10.0. The average molecular weight is 501 g/mol. The number of benzene rings is 1. The number of rotatable bonds is 7. The molecule has 1 unspecified atom stereocenters. The molecule has 10 heteroatoms. The van der Waals surface area contributed by atoms with Crippen molar-refractivity contribution in [2.75, 3.05) is 31.7 Å². The lowest BCUT2D eigenvalue weighted by Crippen LogP contribution is -2.26. The Morgan fingerprint density at radius 2 is 1.86 bits per heavy atom. The summed E-state index contributed by atoms with van der Waals surface area (Å²) in [6, 6.07) is 4.48. The topological polar surface area (TPSA) is 90.5 Å². The molecule has 0 spiro atoms. The minimum Gasteiger partial charge on any atom is -0.490 e. The van der Waals surface area contributed by atoms with Gasteiger partial charge in [-0.1, -0.05) is 6.92 Å². The third kappa shape index (κ3) is 4.53. The molecule has 3 saturated heterocycles. The molecule has 6 rings (SSSR count). The molecule has 3 aromatic rings. The highest BCUT2D eigenvalue weighted by atomic mass is 19.1. The van der Waals surface area contributed by atoms with Gasteiger partial charge in [0.05, 0.1) is 43.5 Å². The molecular formula is C26H30F2N4O4. The highest BCUT2D eigenvalue weighted by Crippen LogP contribution is 2.37. The van der Waals surface area contributed by atoms with Crippen LogP contribution in [0.3, 0.4) is 0 Å². The number of hydrogen-bond acceptors (Lipinski definition) is 7. The van der Waals surface area contributed by atoms with Gasteiger partial charge in [0.25, 0.3) is 0 Å². The van der Waals surface area contributed by atoms with Crippen LogP contribution in [0.1, 0.15) is 49.1 Å². The van der Waals surface area contributed by atoms with Crippen molar-refractivity contribution in [3.8, 4) is 5.75 Å². The molecule has 5 heterocycles. The van der Waals surface area contributed by atoms with Crippen LogP contribution in [0.2, 0.25) is 0 Å². The summed E-state index contributed by atoms with van der Waals surface area (Å²) in [5.41, 5.74) is 2.23. The monoisotopic (exact) mass is 500 g/mol. The number of fused-ring (bicyclic) bond motifs is 2. The zero-order valence-corrected chi connectivity index (χ0v) is 20.2. The summed E-state index contributed by atoms with van der Waals surface area (Å²) in [6.45, 7) is 4.41. The first kappa shape index (κ1) is 23.6. The van der Waals surface area contributed by atoms with Crippen molar-refractivity contribution < 1.29 is 27.7 Å². The second kappa shape index (κ2) is 9.91. The number of nitrogens with zero attached hydrogens (tertiary/aromatic N) is 2. The van der Waals surface area contributed by atoms with Crippen LogP contribution in [0.15, 0.2) is 18.2 Å². The maximum atomic E-state index is 14.8. The van der Waals surface area contributed by atoms with E-state index >= 15 is 0 Å². The molecule has 3 aliphatic rings. The van der Waals surface area contributed by atoms with Gasteiger partial charge in [0.15, 0.2) is 5.65 Å². The zero-order valence-electron chi connectivity index (χ0n) is 20.2. The van der Waals surface area contributed by atoms with E-state index < -0.39 is 11.6 Å². The van der Waals surface area contributed by atoms with Gasteiger partial charge in [0.2, 0.25) is 0 Å². The number of halogens is 2. The van der Waals surface area contributed by atoms with Crippen molar-refractivity contribution in [1.82, 2.24) is 15.0 Å². The first-order valence-corrected chi connectivity index (χ1v) is 12.7. The maximum absolute atomic E-state index is 14.8. The molecule has 1 aromatic carbocycles. The predicted molar refractivity (Wildman–Crippen MR) is 128 cm³/mol. The Morgan fingerprint density at radius 1 is 1.06 bits per heavy atom. The molecule has 0 aliphatic carbocycles. The van der Waals surface area contributed by atoms with E-state index in [0.29, 0.717) is 57.2 Å². The fourth-order valence-electron chi connectivity index (χ4n) is 5.28. The van der Waals surface area contributed by atoms with E-state index in [1.807, 2.05) is 13.0 Å². The summed E-state index contributed by atoms with van der Waals surface area (Å²) in [7, 11) is 0. The Morgan fingerprint density at radius 3 is 2.64 bits per heavy atom. The van der Waals surface area contributed by atoms with Gasteiger partial charge in [-0.3, -0.25) is 0 Å². The molecule has 8 nitrogen and oxygen atoms in total. The van der Waals surface area contributed by atoms with Crippen molar-refractivity contribution in [2.45, 2.75) is 63.4 Å². The molecule has 3 aliphatic heterocycles. The van der Waals surface area contributed by atoms with E-state index in [2.05, 4.69) is 15.3 Å². The van der Waals surface area contributed by atoms with Crippen LogP contribution in [0, 0.1) is 11.6 Å². The van der Waals surface area contributed by atoms with Crippen molar-refractivity contribution in [1.29, 1.82) is 0 Å². The van der Waals surface area contributed by atoms with Crippen LogP contribution in [-0.4, -0.2) is 59.7 Å². The number of pyridine rings is 1. The number of nitrogens with one attached hydrogen (secondary N) is 2. The Labute approximate surface area is 207 Å². The average Bonchev–Trinajstić information content (AvgIpc) is 3.59. The summed E-state index contributed by atoms with van der Waals surface area (Å²) < 4.78 is 52.5. The number of H-pyrrole nitrogens is 1. The number of aryl methyl sites for hydroxylation is 1. The van der Waals surface area contributed by atoms with Gasteiger partial charge in [0.1, 0.15) is 35.1 Å². The number of hydrogen-bond donors (Lipinski definition) is 2. The number of aromatic nitrogens is 3. The van der Waals surface area contributed by atoms with Gasteiger partial charge in [-0.25, -0.2) is 18.7 Å². The van der Waals surface area contributed by atoms with Gasteiger partial charge in [-0.15, -0.1) is 0 Å². The Kier molecular flexibility index (Phi) is 6.49. The van der Waals surface area contributed by atoms with Crippen LogP contribution in [-0.2, 0) is 27.2 Å². The molecule has 3 atom stereocenters. The minimum atomic E-state index is -0.655. The predicted octanol–water partition coefficient (Wildman–Crippen LogP) is 4.24. The van der Waals surface area contributed by atoms with Gasteiger partial charge in [-0.2, -0.15) is 0 Å². The molecule has 3 fully saturated rings. The van der Waals surface area contributed by atoms with Gasteiger partial charge < -0.3 is 29.2 Å². The van der Waals surface area contributed by atoms with E-state index in [4.69, 9.17) is 23.9 Å². The van der Waals surface area contributed by atoms with E-state index in [-0.39, 0.29) is 42.1 Å². The second-order valence-corrected chi connectivity index (χ2v) is 9.59.